The zero-order valence-electron chi connectivity index (χ0n) is 16.1. The average molecular weight is 405 g/mol. The number of nitrogens with zero attached hydrogens (tertiary/aromatic N) is 1. The lowest BCUT2D eigenvalue weighted by Crippen LogP contribution is -2.36. The summed E-state index contributed by atoms with van der Waals surface area (Å²) in [7, 11) is 1.58. The first-order valence-electron chi connectivity index (χ1n) is 9.70. The standard InChI is InChI=1S/C20H23NO8/c1-10(22)21-14-12(8-25-18(23)11-6-4-3-5-7-11)27-19(15(14)21)26-9-13-16-17(29-16)20(24-2)28-13/h3-7,12-17,19-20H,8-9H2,1-2H3/t12-,13-,14-,15-,16+,17+,19+,20+,21?/m1/s1. The molecule has 4 saturated heterocycles. The Balaban J connectivity index is 1.16. The number of methoxy groups -OCH3 is 1. The molecule has 0 saturated carbocycles. The van der Waals surface area contributed by atoms with Gasteiger partial charge in [0.15, 0.2) is 12.6 Å². The molecule has 5 rings (SSSR count). The molecule has 4 fully saturated rings. The number of hydrogen-bond acceptors (Lipinski definition) is 8. The van der Waals surface area contributed by atoms with Crippen LogP contribution in [-0.4, -0.2) is 86.2 Å². The van der Waals surface area contributed by atoms with Crippen molar-refractivity contribution in [3.8, 4) is 0 Å². The summed E-state index contributed by atoms with van der Waals surface area (Å²) in [6.07, 6.45) is -1.68. The molecule has 1 aromatic rings. The first kappa shape index (κ1) is 19.0. The minimum Gasteiger partial charge on any atom is -0.459 e. The minimum atomic E-state index is -0.591. The molecule has 0 bridgehead atoms. The molecule has 9 nitrogen and oxygen atoms in total. The highest BCUT2D eigenvalue weighted by Crippen LogP contribution is 2.45. The third-order valence-electron chi connectivity index (χ3n) is 5.79. The highest BCUT2D eigenvalue weighted by Gasteiger charge is 2.66. The quantitative estimate of drug-likeness (QED) is 0.473. The number of amides is 1. The van der Waals surface area contributed by atoms with Crippen molar-refractivity contribution in [1.82, 2.24) is 4.90 Å². The van der Waals surface area contributed by atoms with Gasteiger partial charge in [-0.1, -0.05) is 18.2 Å². The maximum absolute atomic E-state index is 12.2. The number of carbonyl (C=O) groups excluding carboxylic acids is 2. The highest BCUT2D eigenvalue weighted by atomic mass is 16.8. The molecule has 29 heavy (non-hydrogen) atoms. The number of carbonyl (C=O) groups is 2. The van der Waals surface area contributed by atoms with Gasteiger partial charge >= 0.3 is 5.97 Å². The van der Waals surface area contributed by atoms with Crippen molar-refractivity contribution in [3.05, 3.63) is 35.9 Å². The number of benzene rings is 1. The van der Waals surface area contributed by atoms with Crippen LogP contribution >= 0.6 is 0 Å². The van der Waals surface area contributed by atoms with Crippen LogP contribution in [0.5, 0.6) is 0 Å². The fourth-order valence-corrected chi connectivity index (χ4v) is 4.30. The molecule has 4 aliphatic rings. The van der Waals surface area contributed by atoms with E-state index in [1.54, 1.807) is 36.3 Å². The van der Waals surface area contributed by atoms with Gasteiger partial charge in [0.05, 0.1) is 18.2 Å². The number of ether oxygens (including phenoxy) is 6. The fraction of sp³-hybridized carbons (Fsp3) is 0.600. The maximum atomic E-state index is 12.2. The lowest BCUT2D eigenvalue weighted by molar-refractivity contribution is -0.208. The summed E-state index contributed by atoms with van der Waals surface area (Å²) < 4.78 is 33.7. The molecule has 9 heteroatoms. The highest BCUT2D eigenvalue weighted by molar-refractivity contribution is 5.89. The zero-order valence-corrected chi connectivity index (χ0v) is 16.1. The van der Waals surface area contributed by atoms with Crippen molar-refractivity contribution in [3.63, 3.8) is 0 Å². The van der Waals surface area contributed by atoms with Crippen LogP contribution in [0.3, 0.4) is 0 Å². The Morgan fingerprint density at radius 2 is 1.72 bits per heavy atom. The summed E-state index contributed by atoms with van der Waals surface area (Å²) in [5, 5.41) is 0. The summed E-state index contributed by atoms with van der Waals surface area (Å²) in [4.78, 5) is 25.8. The van der Waals surface area contributed by atoms with Gasteiger partial charge in [0.2, 0.25) is 5.91 Å². The van der Waals surface area contributed by atoms with E-state index in [1.807, 2.05) is 6.07 Å². The number of fused-ring (bicyclic) bond motifs is 2. The number of hydrogen-bond donors (Lipinski definition) is 0. The summed E-state index contributed by atoms with van der Waals surface area (Å²) in [5.74, 6) is -0.481. The summed E-state index contributed by atoms with van der Waals surface area (Å²) in [5.41, 5.74) is 0.471. The van der Waals surface area contributed by atoms with E-state index in [1.165, 1.54) is 6.92 Å². The van der Waals surface area contributed by atoms with Crippen molar-refractivity contribution in [1.29, 1.82) is 0 Å². The lowest BCUT2D eigenvalue weighted by atomic mass is 10.2. The number of rotatable bonds is 7. The van der Waals surface area contributed by atoms with Crippen molar-refractivity contribution in [2.75, 3.05) is 20.3 Å². The van der Waals surface area contributed by atoms with Crippen LogP contribution in [0, 0.1) is 0 Å². The van der Waals surface area contributed by atoms with Crippen molar-refractivity contribution < 1.29 is 38.0 Å². The van der Waals surface area contributed by atoms with Crippen LogP contribution in [-0.2, 0) is 33.2 Å². The Morgan fingerprint density at radius 3 is 2.41 bits per heavy atom. The third kappa shape index (κ3) is 3.43. The van der Waals surface area contributed by atoms with E-state index in [0.29, 0.717) is 5.56 Å². The second-order valence-electron chi connectivity index (χ2n) is 7.59. The molecule has 0 N–H and O–H groups in total. The van der Waals surface area contributed by atoms with Crippen LogP contribution in [0.1, 0.15) is 17.3 Å². The molecule has 8 atom stereocenters. The molecule has 0 unspecified atom stereocenters. The predicted octanol–water partition coefficient (Wildman–Crippen LogP) is 0.323. The monoisotopic (exact) mass is 405 g/mol. The van der Waals surface area contributed by atoms with Crippen molar-refractivity contribution in [2.45, 2.75) is 56.0 Å². The SMILES string of the molecule is CO[C@H]1O[C@H](CO[C@H]2O[C@H](COC(=O)c3ccccc3)[C@@H]3[C@H]2N3C(C)=O)[C@@H]2O[C@H]12. The molecule has 0 spiro atoms. The van der Waals surface area contributed by atoms with E-state index in [-0.39, 0.29) is 55.8 Å². The van der Waals surface area contributed by atoms with Crippen molar-refractivity contribution >= 4 is 11.9 Å². The molecule has 156 valence electrons. The van der Waals surface area contributed by atoms with E-state index >= 15 is 0 Å². The van der Waals surface area contributed by atoms with Crippen LogP contribution in [0.2, 0.25) is 0 Å². The Morgan fingerprint density at radius 1 is 0.966 bits per heavy atom. The normalized spacial score (nSPS) is 39.0. The van der Waals surface area contributed by atoms with Gasteiger partial charge in [-0.2, -0.15) is 0 Å². The summed E-state index contributed by atoms with van der Waals surface area (Å²) >= 11 is 0. The molecular weight excluding hydrogens is 382 g/mol. The van der Waals surface area contributed by atoms with Gasteiger partial charge in [0.25, 0.3) is 0 Å². The Kier molecular flexibility index (Phi) is 4.79. The fourth-order valence-electron chi connectivity index (χ4n) is 4.30. The van der Waals surface area contributed by atoms with E-state index in [2.05, 4.69) is 0 Å². The van der Waals surface area contributed by atoms with E-state index < -0.39 is 18.4 Å². The summed E-state index contributed by atoms with van der Waals surface area (Å²) in [6, 6.07) is 8.42. The lowest BCUT2D eigenvalue weighted by Gasteiger charge is -2.23. The van der Waals surface area contributed by atoms with Gasteiger partial charge < -0.3 is 33.3 Å². The second-order valence-corrected chi connectivity index (χ2v) is 7.59. The van der Waals surface area contributed by atoms with Crippen LogP contribution < -0.4 is 0 Å². The minimum absolute atomic E-state index is 0.0251. The van der Waals surface area contributed by atoms with Gasteiger partial charge in [-0.05, 0) is 12.1 Å². The van der Waals surface area contributed by atoms with Gasteiger partial charge in [0.1, 0.15) is 37.1 Å². The largest absolute Gasteiger partial charge is 0.459 e. The molecule has 4 heterocycles. The Hall–Kier alpha value is -2.04. The van der Waals surface area contributed by atoms with Gasteiger partial charge in [0, 0.05) is 14.0 Å². The average Bonchev–Trinajstić information content (AvgIpc) is 3.62. The Labute approximate surface area is 167 Å². The number of morpholine rings is 1. The van der Waals surface area contributed by atoms with Gasteiger partial charge in [-0.3, -0.25) is 4.79 Å². The topological polar surface area (TPSA) is 95.8 Å². The molecule has 0 aliphatic carbocycles. The van der Waals surface area contributed by atoms with Gasteiger partial charge in [-0.25, -0.2) is 4.79 Å². The molecule has 0 aromatic heterocycles. The molecule has 4 aliphatic heterocycles. The predicted molar refractivity (Wildman–Crippen MR) is 95.8 cm³/mol. The molecule has 1 aromatic carbocycles. The third-order valence-corrected chi connectivity index (χ3v) is 5.79. The molecular formula is C20H23NO8. The van der Waals surface area contributed by atoms with E-state index in [4.69, 9.17) is 28.4 Å². The van der Waals surface area contributed by atoms with Crippen LogP contribution in [0.15, 0.2) is 30.3 Å². The molecule has 0 radical (unpaired) electrons. The first-order valence-corrected chi connectivity index (χ1v) is 9.70. The summed E-state index contributed by atoms with van der Waals surface area (Å²) in [6.45, 7) is 1.84. The number of esters is 1. The van der Waals surface area contributed by atoms with Crippen LogP contribution in [0.4, 0.5) is 0 Å². The Bertz CT molecular complexity index is 788. The molecule has 1 amide bonds. The van der Waals surface area contributed by atoms with Crippen LogP contribution in [0.25, 0.3) is 0 Å². The van der Waals surface area contributed by atoms with Gasteiger partial charge in [-0.15, -0.1) is 0 Å². The zero-order chi connectivity index (χ0) is 20.1. The van der Waals surface area contributed by atoms with Crippen molar-refractivity contribution in [2.24, 2.45) is 0 Å². The first-order chi connectivity index (χ1) is 14.1. The number of epoxide rings is 1. The second kappa shape index (κ2) is 7.33. The van der Waals surface area contributed by atoms with E-state index in [0.717, 1.165) is 0 Å². The maximum Gasteiger partial charge on any atom is 0.338 e. The smallest absolute Gasteiger partial charge is 0.338 e. The van der Waals surface area contributed by atoms with E-state index in [9.17, 15) is 9.59 Å².